The second-order valence-electron chi connectivity index (χ2n) is 5.48. The Kier molecular flexibility index (Phi) is 5.72. The summed E-state index contributed by atoms with van der Waals surface area (Å²) in [7, 11) is 0. The van der Waals surface area contributed by atoms with E-state index >= 15 is 0 Å². The molecule has 0 saturated carbocycles. The zero-order valence-corrected chi connectivity index (χ0v) is 15.9. The third-order valence-corrected chi connectivity index (χ3v) is 5.36. The maximum atomic E-state index is 6.31. The lowest BCUT2D eigenvalue weighted by Gasteiger charge is -2.37. The lowest BCUT2D eigenvalue weighted by Crippen LogP contribution is -2.50. The molecule has 2 aromatic carbocycles. The second-order valence-corrected chi connectivity index (χ2v) is 7.09. The van der Waals surface area contributed by atoms with E-state index in [0.29, 0.717) is 20.2 Å². The van der Waals surface area contributed by atoms with Crippen LogP contribution >= 0.6 is 47.0 Å². The molecule has 0 aromatic heterocycles. The van der Waals surface area contributed by atoms with E-state index in [-0.39, 0.29) is 0 Å². The van der Waals surface area contributed by atoms with Gasteiger partial charge in [0.25, 0.3) is 0 Å². The molecule has 1 N–H and O–H groups in total. The molecule has 2 aromatic rings. The number of nitrogens with one attached hydrogen (secondary N) is 1. The summed E-state index contributed by atoms with van der Waals surface area (Å²) in [5.41, 5.74) is 1.91. The van der Waals surface area contributed by atoms with Crippen LogP contribution in [0.4, 0.5) is 11.4 Å². The van der Waals surface area contributed by atoms with Gasteiger partial charge in [-0.3, -0.25) is 0 Å². The zero-order chi connectivity index (χ0) is 17.1. The molecule has 3 nitrogen and oxygen atoms in total. The Balaban J connectivity index is 1.59. The Labute approximate surface area is 162 Å². The highest BCUT2D eigenvalue weighted by atomic mass is 35.5. The standard InChI is InChI=1S/C17H16Cl3N3S/c18-12-4-6-13(7-5-12)21-17(24)23-10-8-22(9-11-23)15-3-1-2-14(19)16(15)20/h1-7H,8-11H2,(H,21,24). The third-order valence-electron chi connectivity index (χ3n) is 3.93. The summed E-state index contributed by atoms with van der Waals surface area (Å²) < 4.78 is 0. The third kappa shape index (κ3) is 4.06. The minimum atomic E-state index is 0.580. The molecule has 3 rings (SSSR count). The zero-order valence-electron chi connectivity index (χ0n) is 12.8. The lowest BCUT2D eigenvalue weighted by molar-refractivity contribution is 0.391. The van der Waals surface area contributed by atoms with Crippen molar-refractivity contribution in [2.45, 2.75) is 0 Å². The molecular formula is C17H16Cl3N3S. The molecule has 1 saturated heterocycles. The largest absolute Gasteiger partial charge is 0.367 e. The SMILES string of the molecule is S=C(Nc1ccc(Cl)cc1)N1CCN(c2cccc(Cl)c2Cl)CC1. The first-order valence-corrected chi connectivity index (χ1v) is 9.09. The number of thiocarbonyl (C=S) groups is 1. The van der Waals surface area contributed by atoms with Crippen molar-refractivity contribution >= 4 is 63.5 Å². The van der Waals surface area contributed by atoms with Gasteiger partial charge in [0.15, 0.2) is 5.11 Å². The van der Waals surface area contributed by atoms with Gasteiger partial charge < -0.3 is 15.1 Å². The van der Waals surface area contributed by atoms with Crippen LogP contribution in [0.15, 0.2) is 42.5 Å². The predicted molar refractivity (Wildman–Crippen MR) is 108 cm³/mol. The minimum absolute atomic E-state index is 0.580. The normalized spacial score (nSPS) is 14.6. The van der Waals surface area contributed by atoms with Gasteiger partial charge in [0, 0.05) is 36.9 Å². The molecule has 7 heteroatoms. The van der Waals surface area contributed by atoms with Crippen LogP contribution in [0.1, 0.15) is 0 Å². The Morgan fingerprint density at radius 3 is 2.25 bits per heavy atom. The average Bonchev–Trinajstić information content (AvgIpc) is 2.59. The van der Waals surface area contributed by atoms with Gasteiger partial charge in [0.2, 0.25) is 0 Å². The average molecular weight is 401 g/mol. The van der Waals surface area contributed by atoms with E-state index < -0.39 is 0 Å². The van der Waals surface area contributed by atoms with E-state index in [1.54, 1.807) is 6.07 Å². The van der Waals surface area contributed by atoms with Crippen LogP contribution in [0.25, 0.3) is 0 Å². The van der Waals surface area contributed by atoms with Gasteiger partial charge in [-0.1, -0.05) is 40.9 Å². The number of piperazine rings is 1. The smallest absolute Gasteiger partial charge is 0.173 e. The van der Waals surface area contributed by atoms with Crippen LogP contribution in [-0.2, 0) is 0 Å². The summed E-state index contributed by atoms with van der Waals surface area (Å²) in [5.74, 6) is 0. The quantitative estimate of drug-likeness (QED) is 0.701. The molecule has 126 valence electrons. The predicted octanol–water partition coefficient (Wildman–Crippen LogP) is 5.17. The van der Waals surface area contributed by atoms with E-state index in [9.17, 15) is 0 Å². The molecule has 0 bridgehead atoms. The van der Waals surface area contributed by atoms with Gasteiger partial charge in [-0.15, -0.1) is 0 Å². The fourth-order valence-electron chi connectivity index (χ4n) is 2.62. The summed E-state index contributed by atoms with van der Waals surface area (Å²) in [6.07, 6.45) is 0. The van der Waals surface area contributed by atoms with Crippen LogP contribution < -0.4 is 10.2 Å². The lowest BCUT2D eigenvalue weighted by atomic mass is 10.2. The van der Waals surface area contributed by atoms with Crippen LogP contribution in [0.5, 0.6) is 0 Å². The number of rotatable bonds is 2. The van der Waals surface area contributed by atoms with Crippen molar-refractivity contribution in [2.24, 2.45) is 0 Å². The minimum Gasteiger partial charge on any atom is -0.367 e. The molecule has 1 aliphatic heterocycles. The Hall–Kier alpha value is -1.20. The Morgan fingerprint density at radius 2 is 1.58 bits per heavy atom. The summed E-state index contributed by atoms with van der Waals surface area (Å²) >= 11 is 23.8. The van der Waals surface area contributed by atoms with Gasteiger partial charge in [-0.25, -0.2) is 0 Å². The number of hydrogen-bond acceptors (Lipinski definition) is 2. The van der Waals surface area contributed by atoms with Gasteiger partial charge in [-0.2, -0.15) is 0 Å². The first kappa shape index (κ1) is 17.6. The fraction of sp³-hybridized carbons (Fsp3) is 0.235. The molecule has 1 heterocycles. The van der Waals surface area contributed by atoms with E-state index in [1.807, 2.05) is 36.4 Å². The topological polar surface area (TPSA) is 18.5 Å². The van der Waals surface area contributed by atoms with Gasteiger partial charge in [0.1, 0.15) is 0 Å². The van der Waals surface area contributed by atoms with Crippen molar-refractivity contribution in [3.63, 3.8) is 0 Å². The summed E-state index contributed by atoms with van der Waals surface area (Å²) in [5, 5.41) is 5.86. The number of halogens is 3. The van der Waals surface area contributed by atoms with Crippen molar-refractivity contribution in [3.8, 4) is 0 Å². The maximum absolute atomic E-state index is 6.31. The number of benzene rings is 2. The molecule has 1 fully saturated rings. The fourth-order valence-corrected chi connectivity index (χ4v) is 3.46. The first-order chi connectivity index (χ1) is 11.5. The first-order valence-electron chi connectivity index (χ1n) is 7.55. The number of hydrogen-bond donors (Lipinski definition) is 1. The van der Waals surface area contributed by atoms with Crippen molar-refractivity contribution in [1.29, 1.82) is 0 Å². The van der Waals surface area contributed by atoms with Crippen molar-refractivity contribution < 1.29 is 0 Å². The Bertz CT molecular complexity index is 728. The highest BCUT2D eigenvalue weighted by molar-refractivity contribution is 7.80. The molecule has 0 amide bonds. The van der Waals surface area contributed by atoms with Gasteiger partial charge in [0.05, 0.1) is 15.7 Å². The summed E-state index contributed by atoms with van der Waals surface area (Å²) in [6, 6.07) is 13.2. The second kappa shape index (κ2) is 7.79. The summed E-state index contributed by atoms with van der Waals surface area (Å²) in [6.45, 7) is 3.32. The van der Waals surface area contributed by atoms with Gasteiger partial charge >= 0.3 is 0 Å². The van der Waals surface area contributed by atoms with Crippen LogP contribution in [0.2, 0.25) is 15.1 Å². The maximum Gasteiger partial charge on any atom is 0.173 e. The van der Waals surface area contributed by atoms with E-state index in [1.165, 1.54) is 0 Å². The molecule has 0 spiro atoms. The van der Waals surface area contributed by atoms with Crippen molar-refractivity contribution in [3.05, 3.63) is 57.5 Å². The van der Waals surface area contributed by atoms with Crippen LogP contribution in [0, 0.1) is 0 Å². The monoisotopic (exact) mass is 399 g/mol. The molecule has 24 heavy (non-hydrogen) atoms. The highest BCUT2D eigenvalue weighted by Gasteiger charge is 2.21. The van der Waals surface area contributed by atoms with E-state index in [4.69, 9.17) is 47.0 Å². The van der Waals surface area contributed by atoms with Crippen LogP contribution in [-0.4, -0.2) is 36.2 Å². The summed E-state index contributed by atoms with van der Waals surface area (Å²) in [4.78, 5) is 4.38. The molecule has 0 aliphatic carbocycles. The number of nitrogens with zero attached hydrogens (tertiary/aromatic N) is 2. The molecule has 1 aliphatic rings. The van der Waals surface area contributed by atoms with Crippen molar-refractivity contribution in [2.75, 3.05) is 36.4 Å². The van der Waals surface area contributed by atoms with Gasteiger partial charge in [-0.05, 0) is 48.6 Å². The van der Waals surface area contributed by atoms with Crippen LogP contribution in [0.3, 0.4) is 0 Å². The molecular weight excluding hydrogens is 385 g/mol. The molecule has 0 unspecified atom stereocenters. The molecule has 0 atom stereocenters. The van der Waals surface area contributed by atoms with E-state index in [2.05, 4.69) is 15.1 Å². The highest BCUT2D eigenvalue weighted by Crippen LogP contribution is 2.32. The Morgan fingerprint density at radius 1 is 0.917 bits per heavy atom. The number of anilines is 2. The van der Waals surface area contributed by atoms with E-state index in [0.717, 1.165) is 37.6 Å². The molecule has 0 radical (unpaired) electrons. The van der Waals surface area contributed by atoms with Crippen molar-refractivity contribution in [1.82, 2.24) is 4.90 Å².